The number of rotatable bonds is 4. The van der Waals surface area contributed by atoms with Gasteiger partial charge in [-0.15, -0.1) is 0 Å². The van der Waals surface area contributed by atoms with Crippen molar-refractivity contribution in [2.45, 2.75) is 40.5 Å². The summed E-state index contributed by atoms with van der Waals surface area (Å²) in [5.74, 6) is -0.0174. The molecule has 0 saturated carbocycles. The third kappa shape index (κ3) is 4.68. The SMILES string of the molecule is CC(C)c1ccccc1NC(=O)CNC(=O)C(C)(C)C. The number of carbonyl (C=O) groups excluding carboxylic acids is 2. The molecular weight excluding hydrogens is 252 g/mol. The highest BCUT2D eigenvalue weighted by molar-refractivity contribution is 5.95. The summed E-state index contributed by atoms with van der Waals surface area (Å²) >= 11 is 0. The van der Waals surface area contributed by atoms with Crippen LogP contribution in [0.1, 0.15) is 46.1 Å². The molecule has 0 bridgehead atoms. The van der Waals surface area contributed by atoms with Crippen LogP contribution in [-0.2, 0) is 9.59 Å². The summed E-state index contributed by atoms with van der Waals surface area (Å²) in [6.45, 7) is 9.58. The molecule has 2 amide bonds. The summed E-state index contributed by atoms with van der Waals surface area (Å²) in [7, 11) is 0. The molecular formula is C16H24N2O2. The van der Waals surface area contributed by atoms with E-state index in [-0.39, 0.29) is 18.4 Å². The third-order valence-electron chi connectivity index (χ3n) is 2.95. The van der Waals surface area contributed by atoms with Gasteiger partial charge < -0.3 is 10.6 Å². The number of hydrogen-bond acceptors (Lipinski definition) is 2. The van der Waals surface area contributed by atoms with Crippen molar-refractivity contribution in [3.05, 3.63) is 29.8 Å². The zero-order chi connectivity index (χ0) is 15.3. The smallest absolute Gasteiger partial charge is 0.243 e. The molecule has 1 aromatic carbocycles. The molecule has 0 aliphatic carbocycles. The second-order valence-corrected chi connectivity index (χ2v) is 6.22. The van der Waals surface area contributed by atoms with Crippen molar-refractivity contribution in [3.63, 3.8) is 0 Å². The maximum Gasteiger partial charge on any atom is 0.243 e. The molecule has 0 saturated heterocycles. The molecule has 0 aromatic heterocycles. The Labute approximate surface area is 121 Å². The molecule has 1 rings (SSSR count). The van der Waals surface area contributed by atoms with Crippen molar-refractivity contribution in [2.75, 3.05) is 11.9 Å². The maximum atomic E-state index is 11.9. The number of amides is 2. The van der Waals surface area contributed by atoms with Gasteiger partial charge in [-0.1, -0.05) is 52.8 Å². The average molecular weight is 276 g/mol. The quantitative estimate of drug-likeness (QED) is 0.888. The van der Waals surface area contributed by atoms with E-state index < -0.39 is 5.41 Å². The Kier molecular flexibility index (Phi) is 5.31. The fraction of sp³-hybridized carbons (Fsp3) is 0.500. The number of nitrogens with one attached hydrogen (secondary N) is 2. The van der Waals surface area contributed by atoms with Crippen molar-refractivity contribution in [3.8, 4) is 0 Å². The molecule has 0 unspecified atom stereocenters. The van der Waals surface area contributed by atoms with Crippen molar-refractivity contribution in [1.29, 1.82) is 0 Å². The predicted molar refractivity (Wildman–Crippen MR) is 81.6 cm³/mol. The Bertz CT molecular complexity index is 487. The molecule has 110 valence electrons. The lowest BCUT2D eigenvalue weighted by Gasteiger charge is -2.18. The molecule has 0 radical (unpaired) electrons. The van der Waals surface area contributed by atoms with Crippen LogP contribution in [0.25, 0.3) is 0 Å². The molecule has 0 atom stereocenters. The number of benzene rings is 1. The lowest BCUT2D eigenvalue weighted by Crippen LogP contribution is -2.39. The standard InChI is InChI=1S/C16H24N2O2/c1-11(2)12-8-6-7-9-13(12)18-14(19)10-17-15(20)16(3,4)5/h6-9,11H,10H2,1-5H3,(H,17,20)(H,18,19). The second kappa shape index (κ2) is 6.55. The van der Waals surface area contributed by atoms with E-state index >= 15 is 0 Å². The normalized spacial score (nSPS) is 11.3. The minimum Gasteiger partial charge on any atom is -0.347 e. The minimum absolute atomic E-state index is 0.0114. The van der Waals surface area contributed by atoms with Crippen molar-refractivity contribution < 1.29 is 9.59 Å². The van der Waals surface area contributed by atoms with E-state index in [4.69, 9.17) is 0 Å². The summed E-state index contributed by atoms with van der Waals surface area (Å²) in [6.07, 6.45) is 0. The van der Waals surface area contributed by atoms with Gasteiger partial charge in [0.2, 0.25) is 11.8 Å². The molecule has 20 heavy (non-hydrogen) atoms. The Hall–Kier alpha value is -1.84. The van der Waals surface area contributed by atoms with Crippen LogP contribution in [-0.4, -0.2) is 18.4 Å². The van der Waals surface area contributed by atoms with E-state index in [0.29, 0.717) is 5.92 Å². The number of anilines is 1. The minimum atomic E-state index is -0.490. The van der Waals surface area contributed by atoms with Gasteiger partial charge in [0.1, 0.15) is 0 Å². The Morgan fingerprint density at radius 3 is 2.30 bits per heavy atom. The van der Waals surface area contributed by atoms with Gasteiger partial charge in [0.05, 0.1) is 6.54 Å². The fourth-order valence-corrected chi connectivity index (χ4v) is 1.73. The summed E-state index contributed by atoms with van der Waals surface area (Å²) in [5, 5.41) is 5.49. The molecule has 1 aromatic rings. The van der Waals surface area contributed by atoms with Gasteiger partial charge in [-0.05, 0) is 17.5 Å². The molecule has 0 fully saturated rings. The Morgan fingerprint density at radius 1 is 1.15 bits per heavy atom. The van der Waals surface area contributed by atoms with Crippen molar-refractivity contribution >= 4 is 17.5 Å². The highest BCUT2D eigenvalue weighted by Crippen LogP contribution is 2.23. The molecule has 0 spiro atoms. The van der Waals surface area contributed by atoms with Gasteiger partial charge in [0, 0.05) is 11.1 Å². The van der Waals surface area contributed by atoms with Crippen molar-refractivity contribution in [2.24, 2.45) is 5.41 Å². The number of para-hydroxylation sites is 1. The van der Waals surface area contributed by atoms with E-state index in [2.05, 4.69) is 24.5 Å². The fourth-order valence-electron chi connectivity index (χ4n) is 1.73. The molecule has 2 N–H and O–H groups in total. The summed E-state index contributed by atoms with van der Waals surface area (Å²) in [4.78, 5) is 23.6. The van der Waals surface area contributed by atoms with Gasteiger partial charge in [0.15, 0.2) is 0 Å². The first-order chi connectivity index (χ1) is 9.21. The first-order valence-corrected chi connectivity index (χ1v) is 6.89. The van der Waals surface area contributed by atoms with E-state index in [1.54, 1.807) is 0 Å². The summed E-state index contributed by atoms with van der Waals surface area (Å²) < 4.78 is 0. The molecule has 0 aliphatic rings. The third-order valence-corrected chi connectivity index (χ3v) is 2.95. The zero-order valence-electron chi connectivity index (χ0n) is 12.9. The van der Waals surface area contributed by atoms with Crippen LogP contribution in [0.15, 0.2) is 24.3 Å². The van der Waals surface area contributed by atoms with Gasteiger partial charge in [-0.25, -0.2) is 0 Å². The first-order valence-electron chi connectivity index (χ1n) is 6.89. The van der Waals surface area contributed by atoms with Crippen LogP contribution >= 0.6 is 0 Å². The number of hydrogen-bond donors (Lipinski definition) is 2. The van der Waals surface area contributed by atoms with Gasteiger partial charge in [0.25, 0.3) is 0 Å². The van der Waals surface area contributed by atoms with Crippen LogP contribution < -0.4 is 10.6 Å². The molecule has 0 heterocycles. The topological polar surface area (TPSA) is 58.2 Å². The summed E-state index contributed by atoms with van der Waals surface area (Å²) in [6, 6.07) is 7.70. The lowest BCUT2D eigenvalue weighted by molar-refractivity contribution is -0.130. The zero-order valence-corrected chi connectivity index (χ0v) is 12.9. The predicted octanol–water partition coefficient (Wildman–Crippen LogP) is 2.91. The Balaban J connectivity index is 2.62. The van der Waals surface area contributed by atoms with Crippen LogP contribution in [0.2, 0.25) is 0 Å². The second-order valence-electron chi connectivity index (χ2n) is 6.22. The monoisotopic (exact) mass is 276 g/mol. The van der Waals surface area contributed by atoms with Crippen LogP contribution in [0.5, 0.6) is 0 Å². The van der Waals surface area contributed by atoms with Gasteiger partial charge in [-0.3, -0.25) is 9.59 Å². The Morgan fingerprint density at radius 2 is 1.75 bits per heavy atom. The first kappa shape index (κ1) is 16.2. The highest BCUT2D eigenvalue weighted by atomic mass is 16.2. The van der Waals surface area contributed by atoms with E-state index in [1.165, 1.54) is 0 Å². The van der Waals surface area contributed by atoms with Crippen LogP contribution in [0.3, 0.4) is 0 Å². The maximum absolute atomic E-state index is 11.9. The summed E-state index contributed by atoms with van der Waals surface area (Å²) in [5.41, 5.74) is 1.40. The van der Waals surface area contributed by atoms with Crippen LogP contribution in [0.4, 0.5) is 5.69 Å². The van der Waals surface area contributed by atoms with Gasteiger partial charge in [-0.2, -0.15) is 0 Å². The van der Waals surface area contributed by atoms with Crippen LogP contribution in [0, 0.1) is 5.41 Å². The lowest BCUT2D eigenvalue weighted by atomic mass is 9.96. The van der Waals surface area contributed by atoms with E-state index in [1.807, 2.05) is 45.0 Å². The van der Waals surface area contributed by atoms with Gasteiger partial charge >= 0.3 is 0 Å². The average Bonchev–Trinajstić information content (AvgIpc) is 2.35. The molecule has 0 aliphatic heterocycles. The van der Waals surface area contributed by atoms with E-state index in [0.717, 1.165) is 11.3 Å². The molecule has 4 heteroatoms. The molecule has 4 nitrogen and oxygen atoms in total. The largest absolute Gasteiger partial charge is 0.347 e. The number of carbonyl (C=O) groups is 2. The van der Waals surface area contributed by atoms with Crippen molar-refractivity contribution in [1.82, 2.24) is 5.32 Å². The highest BCUT2D eigenvalue weighted by Gasteiger charge is 2.21. The van der Waals surface area contributed by atoms with E-state index in [9.17, 15) is 9.59 Å².